The van der Waals surface area contributed by atoms with Gasteiger partial charge in [0.05, 0.1) is 0 Å². The average Bonchev–Trinajstić information content (AvgIpc) is 3.04. The zero-order valence-corrected chi connectivity index (χ0v) is 10.3. The zero-order chi connectivity index (χ0) is 10.8. The van der Waals surface area contributed by atoms with Crippen LogP contribution in [-0.4, -0.2) is 5.38 Å². The molecular weight excluding hydrogens is 204 g/mol. The minimum Gasteiger partial charge on any atom is -0.122 e. The Morgan fingerprint density at radius 1 is 1.27 bits per heavy atom. The Labute approximate surface area is 97.6 Å². The lowest BCUT2D eigenvalue weighted by Crippen LogP contribution is -2.16. The molecule has 2 atom stereocenters. The molecule has 0 spiro atoms. The number of benzene rings is 1. The fourth-order valence-corrected chi connectivity index (χ4v) is 2.44. The van der Waals surface area contributed by atoms with Crippen LogP contribution in [0.5, 0.6) is 0 Å². The maximum Gasteiger partial charge on any atom is 0.0404 e. The van der Waals surface area contributed by atoms with Gasteiger partial charge in [0, 0.05) is 5.38 Å². The summed E-state index contributed by atoms with van der Waals surface area (Å²) in [5, 5.41) is 0.306. The van der Waals surface area contributed by atoms with Crippen LogP contribution in [0.4, 0.5) is 0 Å². The van der Waals surface area contributed by atoms with Gasteiger partial charge in [0.25, 0.3) is 0 Å². The molecule has 0 heterocycles. The third-order valence-corrected chi connectivity index (χ3v) is 4.04. The van der Waals surface area contributed by atoms with Gasteiger partial charge >= 0.3 is 0 Å². The van der Waals surface area contributed by atoms with Gasteiger partial charge in [0.2, 0.25) is 0 Å². The van der Waals surface area contributed by atoms with Crippen LogP contribution >= 0.6 is 11.6 Å². The molecule has 0 nitrogen and oxygen atoms in total. The third-order valence-electron chi connectivity index (χ3n) is 3.49. The number of hydrogen-bond donors (Lipinski definition) is 0. The molecule has 2 rings (SSSR count). The molecule has 1 saturated carbocycles. The Bertz CT molecular complexity index is 311. The first-order valence-corrected chi connectivity index (χ1v) is 6.30. The zero-order valence-electron chi connectivity index (χ0n) is 9.54. The first-order valence-electron chi connectivity index (χ1n) is 5.86. The highest BCUT2D eigenvalue weighted by Gasteiger charge is 2.32. The van der Waals surface area contributed by atoms with Crippen molar-refractivity contribution in [2.24, 2.45) is 11.8 Å². The van der Waals surface area contributed by atoms with Crippen LogP contribution in [0.3, 0.4) is 0 Å². The number of halogens is 1. The molecule has 1 heteroatoms. The molecule has 1 aromatic rings. The highest BCUT2D eigenvalue weighted by Crippen LogP contribution is 2.40. The van der Waals surface area contributed by atoms with Crippen molar-refractivity contribution in [3.05, 3.63) is 35.4 Å². The standard InChI is InChI=1S/C14H19Cl/c1-10-3-5-12(6-4-10)9-14(15)11(2)13-7-8-13/h3-6,11,13-14H,7-9H2,1-2H3. The summed E-state index contributed by atoms with van der Waals surface area (Å²) in [6.07, 6.45) is 3.79. The van der Waals surface area contributed by atoms with Gasteiger partial charge in [0.1, 0.15) is 0 Å². The van der Waals surface area contributed by atoms with Crippen molar-refractivity contribution in [2.45, 2.75) is 38.5 Å². The van der Waals surface area contributed by atoms with Gasteiger partial charge in [-0.25, -0.2) is 0 Å². The van der Waals surface area contributed by atoms with Crippen molar-refractivity contribution >= 4 is 11.6 Å². The maximum absolute atomic E-state index is 6.44. The Morgan fingerprint density at radius 3 is 2.40 bits per heavy atom. The van der Waals surface area contributed by atoms with E-state index >= 15 is 0 Å². The molecule has 0 bridgehead atoms. The third kappa shape index (κ3) is 2.98. The lowest BCUT2D eigenvalue weighted by atomic mass is 9.96. The van der Waals surface area contributed by atoms with Crippen molar-refractivity contribution in [2.75, 3.05) is 0 Å². The molecule has 1 aromatic carbocycles. The van der Waals surface area contributed by atoms with Crippen LogP contribution in [0, 0.1) is 18.8 Å². The number of alkyl halides is 1. The number of rotatable bonds is 4. The van der Waals surface area contributed by atoms with E-state index in [0.29, 0.717) is 11.3 Å². The van der Waals surface area contributed by atoms with Crippen LogP contribution in [0.25, 0.3) is 0 Å². The molecule has 2 unspecified atom stereocenters. The van der Waals surface area contributed by atoms with E-state index < -0.39 is 0 Å². The van der Waals surface area contributed by atoms with Crippen LogP contribution in [0.1, 0.15) is 30.9 Å². The second-order valence-corrected chi connectivity index (χ2v) is 5.46. The second-order valence-electron chi connectivity index (χ2n) is 4.90. The van der Waals surface area contributed by atoms with Crippen molar-refractivity contribution in [1.82, 2.24) is 0 Å². The Morgan fingerprint density at radius 2 is 1.87 bits per heavy atom. The second kappa shape index (κ2) is 4.57. The van der Waals surface area contributed by atoms with Crippen molar-refractivity contribution < 1.29 is 0 Å². The predicted octanol–water partition coefficient (Wildman–Crippen LogP) is 4.19. The molecule has 82 valence electrons. The number of aryl methyl sites for hydroxylation is 1. The molecule has 0 N–H and O–H groups in total. The molecule has 1 fully saturated rings. The fourth-order valence-electron chi connectivity index (χ4n) is 2.05. The van der Waals surface area contributed by atoms with Crippen LogP contribution < -0.4 is 0 Å². The first kappa shape index (κ1) is 11.0. The molecule has 1 aliphatic rings. The maximum atomic E-state index is 6.44. The van der Waals surface area contributed by atoms with Gasteiger partial charge in [-0.1, -0.05) is 36.8 Å². The van der Waals surface area contributed by atoms with E-state index in [2.05, 4.69) is 38.1 Å². The summed E-state index contributed by atoms with van der Waals surface area (Å²) in [7, 11) is 0. The van der Waals surface area contributed by atoms with E-state index in [9.17, 15) is 0 Å². The summed E-state index contributed by atoms with van der Waals surface area (Å²) in [6, 6.07) is 8.73. The lowest BCUT2D eigenvalue weighted by Gasteiger charge is -2.17. The SMILES string of the molecule is Cc1ccc(CC(Cl)C(C)C2CC2)cc1. The van der Waals surface area contributed by atoms with Crippen molar-refractivity contribution in [1.29, 1.82) is 0 Å². The Kier molecular flexibility index (Phi) is 3.35. The van der Waals surface area contributed by atoms with Gasteiger partial charge in [-0.2, -0.15) is 0 Å². The van der Waals surface area contributed by atoms with E-state index in [1.165, 1.54) is 24.0 Å². The normalized spacial score (nSPS) is 19.9. The molecule has 0 aromatic heterocycles. The highest BCUT2D eigenvalue weighted by molar-refractivity contribution is 6.20. The molecule has 0 amide bonds. The van der Waals surface area contributed by atoms with Gasteiger partial charge < -0.3 is 0 Å². The molecule has 0 aliphatic heterocycles. The van der Waals surface area contributed by atoms with E-state index in [0.717, 1.165) is 12.3 Å². The quantitative estimate of drug-likeness (QED) is 0.671. The lowest BCUT2D eigenvalue weighted by molar-refractivity contribution is 0.478. The summed E-state index contributed by atoms with van der Waals surface area (Å²) in [4.78, 5) is 0. The topological polar surface area (TPSA) is 0 Å². The van der Waals surface area contributed by atoms with Crippen LogP contribution in [-0.2, 0) is 6.42 Å². The average molecular weight is 223 g/mol. The summed E-state index contributed by atoms with van der Waals surface area (Å²) in [5.41, 5.74) is 2.69. The summed E-state index contributed by atoms with van der Waals surface area (Å²) in [5.74, 6) is 1.57. The summed E-state index contributed by atoms with van der Waals surface area (Å²) < 4.78 is 0. The van der Waals surface area contributed by atoms with Crippen LogP contribution in [0.2, 0.25) is 0 Å². The van der Waals surface area contributed by atoms with Crippen molar-refractivity contribution in [3.8, 4) is 0 Å². The fraction of sp³-hybridized carbons (Fsp3) is 0.571. The smallest absolute Gasteiger partial charge is 0.0404 e. The van der Waals surface area contributed by atoms with E-state index in [-0.39, 0.29) is 0 Å². The molecule has 0 saturated heterocycles. The summed E-state index contributed by atoms with van der Waals surface area (Å²) >= 11 is 6.44. The van der Waals surface area contributed by atoms with Gasteiger partial charge in [-0.05, 0) is 43.6 Å². The van der Waals surface area contributed by atoms with E-state index in [1.807, 2.05) is 0 Å². The minimum atomic E-state index is 0.306. The molecular formula is C14H19Cl. The number of hydrogen-bond acceptors (Lipinski definition) is 0. The molecule has 1 aliphatic carbocycles. The first-order chi connectivity index (χ1) is 7.16. The Balaban J connectivity index is 1.92. The largest absolute Gasteiger partial charge is 0.122 e. The predicted molar refractivity (Wildman–Crippen MR) is 66.4 cm³/mol. The summed E-state index contributed by atoms with van der Waals surface area (Å²) in [6.45, 7) is 4.41. The Hall–Kier alpha value is -0.490. The monoisotopic (exact) mass is 222 g/mol. The van der Waals surface area contributed by atoms with Crippen molar-refractivity contribution in [3.63, 3.8) is 0 Å². The van der Waals surface area contributed by atoms with Gasteiger partial charge in [-0.3, -0.25) is 0 Å². The highest BCUT2D eigenvalue weighted by atomic mass is 35.5. The van der Waals surface area contributed by atoms with E-state index in [4.69, 9.17) is 11.6 Å². The van der Waals surface area contributed by atoms with Gasteiger partial charge in [0.15, 0.2) is 0 Å². The minimum absolute atomic E-state index is 0.306. The van der Waals surface area contributed by atoms with Gasteiger partial charge in [-0.15, -0.1) is 11.6 Å². The molecule has 0 radical (unpaired) electrons. The van der Waals surface area contributed by atoms with Crippen LogP contribution in [0.15, 0.2) is 24.3 Å². The van der Waals surface area contributed by atoms with E-state index in [1.54, 1.807) is 0 Å². The molecule has 15 heavy (non-hydrogen) atoms.